The minimum absolute atomic E-state index is 0.297. The normalized spacial score (nSPS) is 10.1. The molecule has 5 nitrogen and oxygen atoms in total. The minimum atomic E-state index is -0.363. The molecule has 0 aliphatic rings. The van der Waals surface area contributed by atoms with Gasteiger partial charge in [0.05, 0.1) is 5.56 Å². The molecule has 18 heavy (non-hydrogen) atoms. The molecule has 0 fully saturated rings. The number of carbonyl (C=O) groups excluding carboxylic acids is 1. The van der Waals surface area contributed by atoms with Gasteiger partial charge in [0.2, 0.25) is 0 Å². The SMILES string of the molecule is NNC(=O)c1ccccc1Sc1nccnc1Cl. The first-order valence-corrected chi connectivity index (χ1v) is 6.16. The number of aromatic nitrogens is 2. The van der Waals surface area contributed by atoms with Gasteiger partial charge < -0.3 is 0 Å². The van der Waals surface area contributed by atoms with E-state index in [1.165, 1.54) is 18.0 Å². The van der Waals surface area contributed by atoms with E-state index in [4.69, 9.17) is 17.4 Å². The third kappa shape index (κ3) is 2.79. The summed E-state index contributed by atoms with van der Waals surface area (Å²) in [5.41, 5.74) is 2.57. The van der Waals surface area contributed by atoms with Gasteiger partial charge in [0.15, 0.2) is 5.15 Å². The first kappa shape index (κ1) is 12.8. The molecule has 2 rings (SSSR count). The zero-order valence-corrected chi connectivity index (χ0v) is 10.7. The summed E-state index contributed by atoms with van der Waals surface area (Å²) in [5.74, 6) is 4.77. The van der Waals surface area contributed by atoms with Crippen LogP contribution in [0.1, 0.15) is 10.4 Å². The number of hydrogen-bond acceptors (Lipinski definition) is 5. The van der Waals surface area contributed by atoms with E-state index in [9.17, 15) is 4.79 Å². The Balaban J connectivity index is 2.35. The van der Waals surface area contributed by atoms with Gasteiger partial charge in [-0.25, -0.2) is 15.8 Å². The van der Waals surface area contributed by atoms with E-state index in [1.54, 1.807) is 24.4 Å². The van der Waals surface area contributed by atoms with E-state index in [1.807, 2.05) is 6.07 Å². The third-order valence-electron chi connectivity index (χ3n) is 2.09. The molecule has 0 aliphatic carbocycles. The highest BCUT2D eigenvalue weighted by Gasteiger charge is 2.12. The number of nitrogens with zero attached hydrogens (tertiary/aromatic N) is 2. The molecule has 1 aromatic heterocycles. The molecular weight excluding hydrogens is 272 g/mol. The Morgan fingerprint density at radius 3 is 2.72 bits per heavy atom. The molecular formula is C11H9ClN4OS. The van der Waals surface area contributed by atoms with E-state index in [0.717, 1.165) is 0 Å². The monoisotopic (exact) mass is 280 g/mol. The maximum Gasteiger partial charge on any atom is 0.266 e. The molecule has 1 heterocycles. The van der Waals surface area contributed by atoms with Crippen molar-refractivity contribution >= 4 is 29.3 Å². The molecule has 0 spiro atoms. The lowest BCUT2D eigenvalue weighted by molar-refractivity contribution is 0.0951. The van der Waals surface area contributed by atoms with Crippen LogP contribution >= 0.6 is 23.4 Å². The quantitative estimate of drug-likeness (QED) is 0.510. The van der Waals surface area contributed by atoms with Crippen LogP contribution in [0.15, 0.2) is 46.6 Å². The van der Waals surface area contributed by atoms with Crippen LogP contribution in [0.25, 0.3) is 0 Å². The van der Waals surface area contributed by atoms with Crippen molar-refractivity contribution in [2.24, 2.45) is 5.84 Å². The number of nitrogen functional groups attached to an aromatic ring is 1. The standard InChI is InChI=1S/C11H9ClN4OS/c12-9-11(15-6-5-14-9)18-8-4-2-1-3-7(8)10(17)16-13/h1-6H,13H2,(H,16,17). The highest BCUT2D eigenvalue weighted by Crippen LogP contribution is 2.32. The minimum Gasteiger partial charge on any atom is -0.290 e. The Morgan fingerprint density at radius 2 is 2.00 bits per heavy atom. The van der Waals surface area contributed by atoms with Crippen LogP contribution in [0.3, 0.4) is 0 Å². The summed E-state index contributed by atoms with van der Waals surface area (Å²) < 4.78 is 0. The highest BCUT2D eigenvalue weighted by atomic mass is 35.5. The summed E-state index contributed by atoms with van der Waals surface area (Å²) in [4.78, 5) is 20.3. The van der Waals surface area contributed by atoms with Gasteiger partial charge in [-0.15, -0.1) is 0 Å². The van der Waals surface area contributed by atoms with Crippen molar-refractivity contribution in [1.29, 1.82) is 0 Å². The second-order valence-electron chi connectivity index (χ2n) is 3.22. The number of benzene rings is 1. The average molecular weight is 281 g/mol. The fourth-order valence-electron chi connectivity index (χ4n) is 1.30. The van der Waals surface area contributed by atoms with Crippen molar-refractivity contribution < 1.29 is 4.79 Å². The smallest absolute Gasteiger partial charge is 0.266 e. The number of hydrazine groups is 1. The summed E-state index contributed by atoms with van der Waals surface area (Å²) in [7, 11) is 0. The average Bonchev–Trinajstić information content (AvgIpc) is 2.41. The first-order chi connectivity index (χ1) is 8.72. The molecule has 1 aromatic carbocycles. The van der Waals surface area contributed by atoms with Crippen LogP contribution in [-0.4, -0.2) is 15.9 Å². The summed E-state index contributed by atoms with van der Waals surface area (Å²) >= 11 is 7.18. The maximum atomic E-state index is 11.6. The lowest BCUT2D eigenvalue weighted by Crippen LogP contribution is -2.30. The van der Waals surface area contributed by atoms with Crippen molar-refractivity contribution in [2.75, 3.05) is 0 Å². The van der Waals surface area contributed by atoms with E-state index in [2.05, 4.69) is 15.4 Å². The van der Waals surface area contributed by atoms with Gasteiger partial charge in [-0.1, -0.05) is 35.5 Å². The van der Waals surface area contributed by atoms with Crippen LogP contribution < -0.4 is 11.3 Å². The van der Waals surface area contributed by atoms with Crippen molar-refractivity contribution in [3.8, 4) is 0 Å². The summed E-state index contributed by atoms with van der Waals surface area (Å²) in [6, 6.07) is 7.04. The lowest BCUT2D eigenvalue weighted by Gasteiger charge is -2.07. The van der Waals surface area contributed by atoms with Crippen LogP contribution in [0.2, 0.25) is 5.15 Å². The van der Waals surface area contributed by atoms with Crippen molar-refractivity contribution in [3.63, 3.8) is 0 Å². The van der Waals surface area contributed by atoms with Crippen LogP contribution in [0, 0.1) is 0 Å². The van der Waals surface area contributed by atoms with Gasteiger partial charge in [0.1, 0.15) is 5.03 Å². The Hall–Kier alpha value is -1.63. The fourth-order valence-corrected chi connectivity index (χ4v) is 2.40. The van der Waals surface area contributed by atoms with E-state index in [0.29, 0.717) is 20.6 Å². The lowest BCUT2D eigenvalue weighted by atomic mass is 10.2. The molecule has 0 atom stereocenters. The zero-order valence-electron chi connectivity index (χ0n) is 9.13. The topological polar surface area (TPSA) is 80.9 Å². The number of nitrogens with one attached hydrogen (secondary N) is 1. The van der Waals surface area contributed by atoms with Gasteiger partial charge in [0.25, 0.3) is 5.91 Å². The summed E-state index contributed by atoms with van der Waals surface area (Å²) in [5, 5.41) is 0.835. The number of hydrogen-bond donors (Lipinski definition) is 2. The number of rotatable bonds is 3. The molecule has 0 bridgehead atoms. The van der Waals surface area contributed by atoms with Crippen molar-refractivity contribution in [3.05, 3.63) is 47.4 Å². The van der Waals surface area contributed by atoms with Crippen molar-refractivity contribution in [2.45, 2.75) is 9.92 Å². The Morgan fingerprint density at radius 1 is 1.28 bits per heavy atom. The molecule has 1 amide bonds. The highest BCUT2D eigenvalue weighted by molar-refractivity contribution is 7.99. The van der Waals surface area contributed by atoms with Gasteiger partial charge in [-0.2, -0.15) is 0 Å². The predicted molar refractivity (Wildman–Crippen MR) is 69.3 cm³/mol. The number of halogens is 1. The number of nitrogens with two attached hydrogens (primary N) is 1. The molecule has 0 saturated carbocycles. The Bertz CT molecular complexity index is 578. The van der Waals surface area contributed by atoms with E-state index >= 15 is 0 Å². The number of amides is 1. The number of carbonyl (C=O) groups is 1. The maximum absolute atomic E-state index is 11.6. The molecule has 92 valence electrons. The largest absolute Gasteiger partial charge is 0.290 e. The van der Waals surface area contributed by atoms with Gasteiger partial charge in [-0.05, 0) is 12.1 Å². The zero-order chi connectivity index (χ0) is 13.0. The van der Waals surface area contributed by atoms with Gasteiger partial charge in [0, 0.05) is 17.3 Å². The van der Waals surface area contributed by atoms with Crippen molar-refractivity contribution in [1.82, 2.24) is 15.4 Å². The second kappa shape index (κ2) is 5.81. The molecule has 7 heteroatoms. The summed E-state index contributed by atoms with van der Waals surface area (Å²) in [6.07, 6.45) is 3.05. The van der Waals surface area contributed by atoms with Crippen LogP contribution in [0.4, 0.5) is 0 Å². The van der Waals surface area contributed by atoms with Gasteiger partial charge in [-0.3, -0.25) is 10.2 Å². The second-order valence-corrected chi connectivity index (χ2v) is 4.61. The molecule has 0 unspecified atom stereocenters. The van der Waals surface area contributed by atoms with Gasteiger partial charge >= 0.3 is 0 Å². The third-order valence-corrected chi connectivity index (χ3v) is 3.55. The van der Waals surface area contributed by atoms with E-state index < -0.39 is 0 Å². The molecule has 0 saturated heterocycles. The molecule has 0 radical (unpaired) electrons. The molecule has 3 N–H and O–H groups in total. The predicted octanol–water partition coefficient (Wildman–Crippen LogP) is 1.88. The molecule has 0 aliphatic heterocycles. The molecule has 2 aromatic rings. The Labute approximate surface area is 113 Å². The first-order valence-electron chi connectivity index (χ1n) is 4.96. The van der Waals surface area contributed by atoms with Crippen LogP contribution in [-0.2, 0) is 0 Å². The van der Waals surface area contributed by atoms with Crippen LogP contribution in [0.5, 0.6) is 0 Å². The summed E-state index contributed by atoms with van der Waals surface area (Å²) in [6.45, 7) is 0. The van der Waals surface area contributed by atoms with E-state index in [-0.39, 0.29) is 5.91 Å². The Kier molecular flexibility index (Phi) is 4.14. The fraction of sp³-hybridized carbons (Fsp3) is 0.